The van der Waals surface area contributed by atoms with Crippen molar-refractivity contribution in [3.05, 3.63) is 11.9 Å². The number of rotatable bonds is 8. The fraction of sp³-hybridized carbons (Fsp3) is 0.750. The van der Waals surface area contributed by atoms with E-state index < -0.39 is 0 Å². The van der Waals surface area contributed by atoms with E-state index in [1.165, 1.54) is 0 Å². The Hall–Kier alpha value is -1.36. The molecule has 0 aliphatic carbocycles. The van der Waals surface area contributed by atoms with E-state index in [1.54, 1.807) is 0 Å². The summed E-state index contributed by atoms with van der Waals surface area (Å²) in [6, 6.07) is 1.85. The number of nitrogens with one attached hydrogen (secondary N) is 1. The molecule has 0 aliphatic heterocycles. The maximum Gasteiger partial charge on any atom is 0.219 e. The summed E-state index contributed by atoms with van der Waals surface area (Å²) in [5.74, 6) is 2.19. The Morgan fingerprint density at radius 3 is 2.52 bits per heavy atom. The van der Waals surface area contributed by atoms with E-state index in [4.69, 9.17) is 9.47 Å². The molecule has 0 saturated carbocycles. The van der Waals surface area contributed by atoms with Gasteiger partial charge in [-0.25, -0.2) is 4.98 Å². The molecule has 0 bridgehead atoms. The molecule has 1 N–H and O–H groups in total. The summed E-state index contributed by atoms with van der Waals surface area (Å²) in [4.78, 5) is 9.11. The fourth-order valence-corrected chi connectivity index (χ4v) is 1.69. The molecule has 0 aromatic carbocycles. The second kappa shape index (κ2) is 8.17. The third-order valence-corrected chi connectivity index (χ3v) is 2.81. The molecule has 1 unspecified atom stereocenters. The molecule has 0 radical (unpaired) electrons. The average molecular weight is 295 g/mol. The van der Waals surface area contributed by atoms with Crippen LogP contribution in [0.15, 0.2) is 6.07 Å². The zero-order valence-corrected chi connectivity index (χ0v) is 14.2. The SMILES string of the molecule is CCCNc1cc(OC(C)COCC)nc(C(C)(C)C)n1. The lowest BCUT2D eigenvalue weighted by Gasteiger charge is -2.20. The molecule has 1 heterocycles. The zero-order valence-electron chi connectivity index (χ0n) is 14.2. The van der Waals surface area contributed by atoms with Gasteiger partial charge in [-0.05, 0) is 20.3 Å². The summed E-state index contributed by atoms with van der Waals surface area (Å²) >= 11 is 0. The van der Waals surface area contributed by atoms with Crippen LogP contribution >= 0.6 is 0 Å². The maximum absolute atomic E-state index is 5.86. The standard InChI is InChI=1S/C16H29N3O2/c1-7-9-17-13-10-14(21-12(3)11-20-8-2)19-15(18-13)16(4,5)6/h10,12H,7-9,11H2,1-6H3,(H,17,18,19). The topological polar surface area (TPSA) is 56.3 Å². The predicted octanol–water partition coefficient (Wildman–Crippen LogP) is 3.40. The van der Waals surface area contributed by atoms with E-state index in [9.17, 15) is 0 Å². The molecule has 0 amide bonds. The van der Waals surface area contributed by atoms with Crippen molar-refractivity contribution >= 4 is 5.82 Å². The van der Waals surface area contributed by atoms with Crippen molar-refractivity contribution in [1.82, 2.24) is 9.97 Å². The Balaban J connectivity index is 2.90. The second-order valence-electron chi connectivity index (χ2n) is 6.18. The normalized spacial score (nSPS) is 13.0. The predicted molar refractivity (Wildman–Crippen MR) is 86.1 cm³/mol. The van der Waals surface area contributed by atoms with Gasteiger partial charge in [0.25, 0.3) is 0 Å². The highest BCUT2D eigenvalue weighted by Crippen LogP contribution is 2.23. The summed E-state index contributed by atoms with van der Waals surface area (Å²) in [6.45, 7) is 14.5. The van der Waals surface area contributed by atoms with Crippen molar-refractivity contribution in [2.24, 2.45) is 0 Å². The lowest BCUT2D eigenvalue weighted by atomic mass is 9.96. The molecule has 1 aromatic rings. The quantitative estimate of drug-likeness (QED) is 0.796. The largest absolute Gasteiger partial charge is 0.472 e. The van der Waals surface area contributed by atoms with E-state index in [1.807, 2.05) is 19.9 Å². The van der Waals surface area contributed by atoms with Crippen molar-refractivity contribution < 1.29 is 9.47 Å². The summed E-state index contributed by atoms with van der Waals surface area (Å²) in [5.41, 5.74) is -0.120. The smallest absolute Gasteiger partial charge is 0.219 e. The van der Waals surface area contributed by atoms with Crippen LogP contribution in [0.4, 0.5) is 5.82 Å². The molecule has 0 fully saturated rings. The number of anilines is 1. The van der Waals surface area contributed by atoms with Crippen LogP contribution in [0, 0.1) is 0 Å². The van der Waals surface area contributed by atoms with Gasteiger partial charge in [-0.2, -0.15) is 4.98 Å². The summed E-state index contributed by atoms with van der Waals surface area (Å²) in [6.07, 6.45) is 1.01. The molecule has 1 rings (SSSR count). The summed E-state index contributed by atoms with van der Waals surface area (Å²) < 4.78 is 11.2. The molecular weight excluding hydrogens is 266 g/mol. The van der Waals surface area contributed by atoms with Crippen LogP contribution in [0.5, 0.6) is 5.88 Å². The van der Waals surface area contributed by atoms with Gasteiger partial charge in [0.15, 0.2) is 0 Å². The van der Waals surface area contributed by atoms with Gasteiger partial charge < -0.3 is 14.8 Å². The third-order valence-electron chi connectivity index (χ3n) is 2.81. The van der Waals surface area contributed by atoms with Crippen LogP contribution < -0.4 is 10.1 Å². The minimum Gasteiger partial charge on any atom is -0.472 e. The van der Waals surface area contributed by atoms with Crippen molar-refractivity contribution in [1.29, 1.82) is 0 Å². The van der Waals surface area contributed by atoms with Crippen LogP contribution in [0.1, 0.15) is 53.8 Å². The Labute approximate surface area is 128 Å². The minimum absolute atomic E-state index is 0.0355. The Bertz CT molecular complexity index is 430. The maximum atomic E-state index is 5.86. The summed E-state index contributed by atoms with van der Waals surface area (Å²) in [5, 5.41) is 3.30. The molecule has 5 heteroatoms. The number of hydrogen-bond acceptors (Lipinski definition) is 5. The monoisotopic (exact) mass is 295 g/mol. The van der Waals surface area contributed by atoms with E-state index >= 15 is 0 Å². The Kier molecular flexibility index (Phi) is 6.89. The molecule has 1 atom stereocenters. The first kappa shape index (κ1) is 17.7. The third kappa shape index (κ3) is 6.29. The Morgan fingerprint density at radius 2 is 1.95 bits per heavy atom. The average Bonchev–Trinajstić information content (AvgIpc) is 2.41. The first-order chi connectivity index (χ1) is 9.86. The lowest BCUT2D eigenvalue weighted by Crippen LogP contribution is -2.22. The second-order valence-corrected chi connectivity index (χ2v) is 6.18. The molecule has 5 nitrogen and oxygen atoms in total. The highest BCUT2D eigenvalue weighted by Gasteiger charge is 2.20. The van der Waals surface area contributed by atoms with Crippen molar-refractivity contribution in [2.75, 3.05) is 25.1 Å². The van der Waals surface area contributed by atoms with Gasteiger partial charge in [-0.3, -0.25) is 0 Å². The van der Waals surface area contributed by atoms with Gasteiger partial charge in [0.2, 0.25) is 5.88 Å². The minimum atomic E-state index is -0.120. The van der Waals surface area contributed by atoms with Crippen LogP contribution in [0.2, 0.25) is 0 Å². The van der Waals surface area contributed by atoms with E-state index in [2.05, 4.69) is 43.0 Å². The van der Waals surface area contributed by atoms with Crippen LogP contribution in [0.3, 0.4) is 0 Å². The highest BCUT2D eigenvalue weighted by atomic mass is 16.5. The molecule has 1 aromatic heterocycles. The van der Waals surface area contributed by atoms with Gasteiger partial charge in [-0.1, -0.05) is 27.7 Å². The first-order valence-corrected chi connectivity index (χ1v) is 7.74. The van der Waals surface area contributed by atoms with Gasteiger partial charge in [0, 0.05) is 24.6 Å². The Morgan fingerprint density at radius 1 is 1.24 bits per heavy atom. The number of aromatic nitrogens is 2. The van der Waals surface area contributed by atoms with Crippen molar-refractivity contribution in [2.45, 2.75) is 59.5 Å². The lowest BCUT2D eigenvalue weighted by molar-refractivity contribution is 0.0631. The number of nitrogens with zero attached hydrogens (tertiary/aromatic N) is 2. The van der Waals surface area contributed by atoms with Gasteiger partial charge in [0.05, 0.1) is 6.61 Å². The van der Waals surface area contributed by atoms with Crippen LogP contribution in [-0.4, -0.2) is 35.8 Å². The highest BCUT2D eigenvalue weighted by molar-refractivity contribution is 5.39. The van der Waals surface area contributed by atoms with E-state index in [-0.39, 0.29) is 11.5 Å². The van der Waals surface area contributed by atoms with E-state index in [0.29, 0.717) is 19.1 Å². The molecule has 0 spiro atoms. The molecular formula is C16H29N3O2. The zero-order chi connectivity index (χ0) is 15.9. The van der Waals surface area contributed by atoms with Crippen LogP contribution in [0.25, 0.3) is 0 Å². The van der Waals surface area contributed by atoms with Crippen molar-refractivity contribution in [3.63, 3.8) is 0 Å². The molecule has 21 heavy (non-hydrogen) atoms. The molecule has 0 aliphatic rings. The van der Waals surface area contributed by atoms with Gasteiger partial charge >= 0.3 is 0 Å². The fourth-order valence-electron chi connectivity index (χ4n) is 1.69. The van der Waals surface area contributed by atoms with E-state index in [0.717, 1.165) is 24.6 Å². The molecule has 120 valence electrons. The van der Waals surface area contributed by atoms with Gasteiger partial charge in [0.1, 0.15) is 17.7 Å². The summed E-state index contributed by atoms with van der Waals surface area (Å²) in [7, 11) is 0. The first-order valence-electron chi connectivity index (χ1n) is 7.74. The molecule has 0 saturated heterocycles. The van der Waals surface area contributed by atoms with Gasteiger partial charge in [-0.15, -0.1) is 0 Å². The van der Waals surface area contributed by atoms with Crippen molar-refractivity contribution in [3.8, 4) is 5.88 Å². The number of ether oxygens (including phenoxy) is 2. The van der Waals surface area contributed by atoms with Crippen LogP contribution in [-0.2, 0) is 10.2 Å². The number of hydrogen-bond donors (Lipinski definition) is 1.